The number of imidazole rings is 1. The lowest BCUT2D eigenvalue weighted by Crippen LogP contribution is -2.35. The monoisotopic (exact) mass is 512 g/mol. The zero-order chi connectivity index (χ0) is 26.5. The average Bonchev–Trinajstić information content (AvgIpc) is 3.10. The molecule has 2 heterocycles. The number of sulfonamides is 1. The van der Waals surface area contributed by atoms with E-state index in [4.69, 9.17) is 0 Å². The summed E-state index contributed by atoms with van der Waals surface area (Å²) in [7, 11) is -3.92. The van der Waals surface area contributed by atoms with E-state index in [2.05, 4.69) is 26.7 Å². The minimum Gasteiger partial charge on any atom is -0.356 e. The van der Waals surface area contributed by atoms with Gasteiger partial charge in [0.05, 0.1) is 30.0 Å². The van der Waals surface area contributed by atoms with Crippen LogP contribution in [0.4, 0.5) is 5.69 Å². The second-order valence-electron chi connectivity index (χ2n) is 8.08. The van der Waals surface area contributed by atoms with Crippen LogP contribution in [0, 0.1) is 13.8 Å². The Balaban J connectivity index is 2.13. The molecule has 0 radical (unpaired) electrons. The minimum absolute atomic E-state index is 0.166. The van der Waals surface area contributed by atoms with Crippen LogP contribution in [0.25, 0.3) is 0 Å². The van der Waals surface area contributed by atoms with Crippen LogP contribution in [-0.4, -0.2) is 47.8 Å². The number of benzene rings is 1. The molecule has 11 nitrogen and oxygen atoms in total. The first kappa shape index (κ1) is 26.5. The number of hydrogen-bond donors (Lipinski definition) is 2. The summed E-state index contributed by atoms with van der Waals surface area (Å²) in [5.41, 5.74) is 0.867. The molecule has 0 fully saturated rings. The second-order valence-corrected chi connectivity index (χ2v) is 9.81. The molecule has 0 aliphatic carbocycles. The van der Waals surface area contributed by atoms with Crippen LogP contribution >= 0.6 is 0 Å². The lowest BCUT2D eigenvalue weighted by Gasteiger charge is -2.18. The molecule has 0 atom stereocenters. The molecule has 1 aromatic carbocycles. The number of likely N-dealkylation sites (N-methyl/N-ethyl adjacent to an activating group) is 1. The minimum atomic E-state index is -3.92. The SMILES string of the molecule is C=NC(=O)Cc1c(C)nc(CC(=O)NCC)n1-n1c(C)ccc(NS(=O)(=O)Cc2ccccc2)c1=O. The first-order chi connectivity index (χ1) is 17.1. The molecule has 0 bridgehead atoms. The van der Waals surface area contributed by atoms with Crippen molar-refractivity contribution in [1.29, 1.82) is 0 Å². The summed E-state index contributed by atoms with van der Waals surface area (Å²) in [5.74, 6) is -0.985. The average molecular weight is 513 g/mol. The Morgan fingerprint density at radius 2 is 1.75 bits per heavy atom. The number of carbonyl (C=O) groups excluding carboxylic acids is 2. The molecule has 0 aliphatic heterocycles. The van der Waals surface area contributed by atoms with Crippen molar-refractivity contribution < 1.29 is 18.0 Å². The molecule has 3 rings (SSSR count). The van der Waals surface area contributed by atoms with Gasteiger partial charge >= 0.3 is 0 Å². The Morgan fingerprint density at radius 3 is 2.39 bits per heavy atom. The highest BCUT2D eigenvalue weighted by Crippen LogP contribution is 2.17. The topological polar surface area (TPSA) is 145 Å². The van der Waals surface area contributed by atoms with Gasteiger partial charge in [0.25, 0.3) is 11.5 Å². The number of pyridine rings is 1. The molecule has 0 spiro atoms. The van der Waals surface area contributed by atoms with E-state index in [-0.39, 0.29) is 36.0 Å². The van der Waals surface area contributed by atoms with E-state index in [0.717, 1.165) is 0 Å². The smallest absolute Gasteiger partial charge is 0.294 e. The van der Waals surface area contributed by atoms with Gasteiger partial charge in [0.1, 0.15) is 11.5 Å². The third kappa shape index (κ3) is 6.13. The highest BCUT2D eigenvalue weighted by atomic mass is 32.2. The summed E-state index contributed by atoms with van der Waals surface area (Å²) in [6.07, 6.45) is -0.381. The van der Waals surface area contributed by atoms with Gasteiger partial charge in [0.2, 0.25) is 15.9 Å². The predicted molar refractivity (Wildman–Crippen MR) is 137 cm³/mol. The second kappa shape index (κ2) is 11.1. The molecular weight excluding hydrogens is 484 g/mol. The lowest BCUT2D eigenvalue weighted by atomic mass is 10.2. The summed E-state index contributed by atoms with van der Waals surface area (Å²) in [5, 5.41) is 2.68. The van der Waals surface area contributed by atoms with Crippen LogP contribution in [0.5, 0.6) is 0 Å². The van der Waals surface area contributed by atoms with Crippen molar-refractivity contribution in [3.05, 3.63) is 81.3 Å². The van der Waals surface area contributed by atoms with Crippen molar-refractivity contribution in [3.63, 3.8) is 0 Å². The summed E-state index contributed by atoms with van der Waals surface area (Å²) in [6.45, 7) is 8.73. The van der Waals surface area contributed by atoms with Gasteiger partial charge < -0.3 is 5.32 Å². The van der Waals surface area contributed by atoms with E-state index < -0.39 is 21.5 Å². The van der Waals surface area contributed by atoms with Crippen molar-refractivity contribution in [3.8, 4) is 0 Å². The molecule has 2 N–H and O–H groups in total. The number of aliphatic imine (C=N–C) groups is 1. The Labute approximate surface area is 208 Å². The maximum absolute atomic E-state index is 13.6. The standard InChI is InChI=1S/C24H28N6O5S/c1-5-26-23(32)14-21-27-17(3)20(13-22(31)25-4)30(21)29-16(2)11-12-19(24(29)33)28-36(34,35)15-18-9-7-6-8-10-18/h6-12,28H,4-5,13-15H2,1-3H3,(H,26,32). The van der Waals surface area contributed by atoms with Gasteiger partial charge in [-0.05, 0) is 45.2 Å². The molecule has 0 saturated carbocycles. The number of rotatable bonds is 10. The summed E-state index contributed by atoms with van der Waals surface area (Å²) in [4.78, 5) is 45.9. The largest absolute Gasteiger partial charge is 0.356 e. The first-order valence-electron chi connectivity index (χ1n) is 11.2. The summed E-state index contributed by atoms with van der Waals surface area (Å²) in [6, 6.07) is 11.5. The maximum atomic E-state index is 13.6. The van der Waals surface area contributed by atoms with Crippen LogP contribution in [0.3, 0.4) is 0 Å². The fraction of sp³-hybridized carbons (Fsp3) is 0.292. The van der Waals surface area contributed by atoms with Gasteiger partial charge in [0.15, 0.2) is 0 Å². The molecule has 2 aromatic heterocycles. The van der Waals surface area contributed by atoms with Crippen molar-refractivity contribution in [2.75, 3.05) is 11.3 Å². The number of hydrogen-bond acceptors (Lipinski definition) is 6. The van der Waals surface area contributed by atoms with Gasteiger partial charge in [-0.1, -0.05) is 30.3 Å². The van der Waals surface area contributed by atoms with Gasteiger partial charge in [-0.3, -0.25) is 19.1 Å². The van der Waals surface area contributed by atoms with Crippen molar-refractivity contribution >= 4 is 34.2 Å². The fourth-order valence-corrected chi connectivity index (χ4v) is 4.91. The molecule has 3 aromatic rings. The van der Waals surface area contributed by atoms with Crippen LogP contribution in [0.1, 0.15) is 35.4 Å². The van der Waals surface area contributed by atoms with E-state index in [1.807, 2.05) is 0 Å². The summed E-state index contributed by atoms with van der Waals surface area (Å²) < 4.78 is 30.5. The zero-order valence-corrected chi connectivity index (χ0v) is 21.1. The Hall–Kier alpha value is -4.06. The Morgan fingerprint density at radius 1 is 1.06 bits per heavy atom. The van der Waals surface area contributed by atoms with Crippen LogP contribution in [0.2, 0.25) is 0 Å². The Kier molecular flexibility index (Phi) is 8.20. The van der Waals surface area contributed by atoms with Gasteiger partial charge in [0, 0.05) is 12.2 Å². The van der Waals surface area contributed by atoms with Gasteiger partial charge in [-0.15, -0.1) is 0 Å². The molecule has 0 unspecified atom stereocenters. The van der Waals surface area contributed by atoms with Crippen LogP contribution < -0.4 is 15.6 Å². The maximum Gasteiger partial charge on any atom is 0.294 e. The lowest BCUT2D eigenvalue weighted by molar-refractivity contribution is -0.120. The number of nitrogens with one attached hydrogen (secondary N) is 2. The van der Waals surface area contributed by atoms with E-state index in [1.54, 1.807) is 57.2 Å². The summed E-state index contributed by atoms with van der Waals surface area (Å²) >= 11 is 0. The number of carbonyl (C=O) groups is 2. The van der Waals surface area contributed by atoms with Crippen molar-refractivity contribution in [2.45, 2.75) is 39.4 Å². The van der Waals surface area contributed by atoms with E-state index in [9.17, 15) is 22.8 Å². The normalized spacial score (nSPS) is 11.2. The predicted octanol–water partition coefficient (Wildman–Crippen LogP) is 1.36. The number of aryl methyl sites for hydroxylation is 2. The highest BCUT2D eigenvalue weighted by molar-refractivity contribution is 7.91. The molecular formula is C24H28N6O5S. The number of aromatic nitrogens is 3. The van der Waals surface area contributed by atoms with Gasteiger partial charge in [-0.25, -0.2) is 27.7 Å². The van der Waals surface area contributed by atoms with Crippen LogP contribution in [-0.2, 0) is 38.2 Å². The number of anilines is 1. The fourth-order valence-electron chi connectivity index (χ4n) is 3.71. The molecule has 12 heteroatoms. The third-order valence-corrected chi connectivity index (χ3v) is 6.56. The molecule has 2 amide bonds. The number of amides is 2. The molecule has 190 valence electrons. The quantitative estimate of drug-likeness (QED) is 0.393. The third-order valence-electron chi connectivity index (χ3n) is 5.32. The molecule has 0 aliphatic rings. The molecule has 36 heavy (non-hydrogen) atoms. The zero-order valence-electron chi connectivity index (χ0n) is 20.3. The highest BCUT2D eigenvalue weighted by Gasteiger charge is 2.23. The number of nitrogens with zero attached hydrogens (tertiary/aromatic N) is 4. The van der Waals surface area contributed by atoms with E-state index in [0.29, 0.717) is 29.2 Å². The van der Waals surface area contributed by atoms with E-state index >= 15 is 0 Å². The van der Waals surface area contributed by atoms with E-state index in [1.165, 1.54) is 15.4 Å². The van der Waals surface area contributed by atoms with Crippen molar-refractivity contribution in [1.82, 2.24) is 19.7 Å². The molecule has 0 saturated heterocycles. The van der Waals surface area contributed by atoms with Crippen molar-refractivity contribution in [2.24, 2.45) is 4.99 Å². The van der Waals surface area contributed by atoms with Crippen LogP contribution in [0.15, 0.2) is 52.3 Å². The van der Waals surface area contributed by atoms with Gasteiger partial charge in [-0.2, -0.15) is 0 Å². The first-order valence-corrected chi connectivity index (χ1v) is 12.8. The Bertz CT molecular complexity index is 1460.